The number of carboxylic acids is 1. The molecule has 1 aliphatic heterocycles. The predicted molar refractivity (Wildman–Crippen MR) is 90.3 cm³/mol. The van der Waals surface area contributed by atoms with Gasteiger partial charge in [0.05, 0.1) is 6.42 Å². The Kier molecular flexibility index (Phi) is 4.51. The van der Waals surface area contributed by atoms with Crippen molar-refractivity contribution in [2.24, 2.45) is 0 Å². The van der Waals surface area contributed by atoms with E-state index in [0.29, 0.717) is 0 Å². The molecule has 2 aromatic rings. The van der Waals surface area contributed by atoms with Crippen LogP contribution >= 0.6 is 0 Å². The minimum Gasteiger partial charge on any atom is -0.481 e. The molecule has 2 aromatic carbocycles. The third kappa shape index (κ3) is 3.83. The van der Waals surface area contributed by atoms with E-state index in [9.17, 15) is 4.79 Å². The molecule has 23 heavy (non-hydrogen) atoms. The maximum absolute atomic E-state index is 11.0. The van der Waals surface area contributed by atoms with E-state index in [2.05, 4.69) is 4.90 Å². The molecule has 0 aromatic heterocycles. The highest BCUT2D eigenvalue weighted by molar-refractivity contribution is 5.69. The minimum atomic E-state index is -0.735. The number of aliphatic carboxylic acids is 1. The van der Waals surface area contributed by atoms with Gasteiger partial charge in [0.2, 0.25) is 0 Å². The van der Waals surface area contributed by atoms with Gasteiger partial charge in [0.1, 0.15) is 11.5 Å². The van der Waals surface area contributed by atoms with E-state index in [-0.39, 0.29) is 12.5 Å². The lowest BCUT2D eigenvalue weighted by Crippen LogP contribution is -2.31. The normalized spacial score (nSPS) is 17.3. The summed E-state index contributed by atoms with van der Waals surface area (Å²) < 4.78 is 5.83. The maximum atomic E-state index is 11.0. The number of hydrogen-bond donors (Lipinski definition) is 1. The van der Waals surface area contributed by atoms with Crippen LogP contribution in [0.5, 0.6) is 11.5 Å². The fourth-order valence-corrected chi connectivity index (χ4v) is 3.04. The summed E-state index contributed by atoms with van der Waals surface area (Å²) >= 11 is 0. The molecule has 0 aliphatic carbocycles. The number of ether oxygens (including phenoxy) is 1. The number of carboxylic acid groups (broad SMARTS) is 1. The first kappa shape index (κ1) is 15.4. The third-order valence-corrected chi connectivity index (χ3v) is 4.21. The highest BCUT2D eigenvalue weighted by Gasteiger charge is 2.26. The van der Waals surface area contributed by atoms with Crippen molar-refractivity contribution in [3.8, 4) is 11.5 Å². The zero-order chi connectivity index (χ0) is 16.2. The molecule has 1 fully saturated rings. The lowest BCUT2D eigenvalue weighted by molar-refractivity contribution is -0.137. The van der Waals surface area contributed by atoms with Crippen molar-refractivity contribution in [3.63, 3.8) is 0 Å². The van der Waals surface area contributed by atoms with Gasteiger partial charge in [-0.2, -0.15) is 0 Å². The van der Waals surface area contributed by atoms with Crippen LogP contribution in [0.25, 0.3) is 0 Å². The van der Waals surface area contributed by atoms with Gasteiger partial charge in [-0.1, -0.05) is 17.7 Å². The largest absolute Gasteiger partial charge is 0.481 e. The first-order chi connectivity index (χ1) is 11.1. The second-order valence-electron chi connectivity index (χ2n) is 6.00. The average molecular weight is 311 g/mol. The molecule has 0 saturated carbocycles. The summed E-state index contributed by atoms with van der Waals surface area (Å²) in [6, 6.07) is 15.9. The van der Waals surface area contributed by atoms with Crippen LogP contribution in [0.15, 0.2) is 48.5 Å². The molecule has 1 atom stereocenters. The summed E-state index contributed by atoms with van der Waals surface area (Å²) in [5, 5.41) is 9.02. The van der Waals surface area contributed by atoms with Crippen molar-refractivity contribution in [2.75, 3.05) is 11.4 Å². The van der Waals surface area contributed by atoms with Gasteiger partial charge in [0, 0.05) is 18.3 Å². The van der Waals surface area contributed by atoms with Gasteiger partial charge >= 0.3 is 5.97 Å². The van der Waals surface area contributed by atoms with Gasteiger partial charge in [0.15, 0.2) is 0 Å². The number of aryl methyl sites for hydroxylation is 1. The van der Waals surface area contributed by atoms with Gasteiger partial charge in [-0.15, -0.1) is 0 Å². The summed E-state index contributed by atoms with van der Waals surface area (Å²) in [4.78, 5) is 13.2. The molecule has 1 saturated heterocycles. The molecule has 1 aliphatic rings. The number of nitrogens with zero attached hydrogens (tertiary/aromatic N) is 1. The summed E-state index contributed by atoms with van der Waals surface area (Å²) in [7, 11) is 0. The van der Waals surface area contributed by atoms with Gasteiger partial charge < -0.3 is 14.7 Å². The molecule has 120 valence electrons. The van der Waals surface area contributed by atoms with E-state index in [1.807, 2.05) is 55.5 Å². The molecule has 4 heteroatoms. The second-order valence-corrected chi connectivity index (χ2v) is 6.00. The molecular formula is C19H21NO3. The second kappa shape index (κ2) is 6.73. The monoisotopic (exact) mass is 311 g/mol. The number of hydrogen-bond acceptors (Lipinski definition) is 3. The van der Waals surface area contributed by atoms with E-state index in [4.69, 9.17) is 9.84 Å². The van der Waals surface area contributed by atoms with E-state index in [1.54, 1.807) is 0 Å². The molecule has 0 bridgehead atoms. The molecule has 1 N–H and O–H groups in total. The quantitative estimate of drug-likeness (QED) is 0.897. The Morgan fingerprint density at radius 3 is 2.35 bits per heavy atom. The molecule has 4 nitrogen and oxygen atoms in total. The first-order valence-electron chi connectivity index (χ1n) is 7.95. The lowest BCUT2D eigenvalue weighted by atomic mass is 10.1. The lowest BCUT2D eigenvalue weighted by Gasteiger charge is -2.25. The van der Waals surface area contributed by atoms with Crippen LogP contribution in [0.3, 0.4) is 0 Å². The fraction of sp³-hybridized carbons (Fsp3) is 0.316. The Hall–Kier alpha value is -2.49. The molecule has 0 amide bonds. The number of rotatable bonds is 5. The summed E-state index contributed by atoms with van der Waals surface area (Å²) in [6.07, 6.45) is 2.18. The number of carbonyl (C=O) groups is 1. The number of anilines is 1. The zero-order valence-electron chi connectivity index (χ0n) is 13.2. The number of benzene rings is 2. The molecule has 3 rings (SSSR count). The minimum absolute atomic E-state index is 0.0939. The molecule has 1 heterocycles. The predicted octanol–water partition coefficient (Wildman–Crippen LogP) is 4.23. The van der Waals surface area contributed by atoms with Crippen molar-refractivity contribution in [1.29, 1.82) is 0 Å². The van der Waals surface area contributed by atoms with Crippen LogP contribution in [0.1, 0.15) is 24.8 Å². The smallest absolute Gasteiger partial charge is 0.305 e. The first-order valence-corrected chi connectivity index (χ1v) is 7.95. The third-order valence-electron chi connectivity index (χ3n) is 4.21. The van der Waals surface area contributed by atoms with E-state index >= 15 is 0 Å². The summed E-state index contributed by atoms with van der Waals surface area (Å²) in [5.74, 6) is 0.862. The Morgan fingerprint density at radius 2 is 1.74 bits per heavy atom. The topological polar surface area (TPSA) is 49.8 Å². The van der Waals surface area contributed by atoms with Crippen molar-refractivity contribution >= 4 is 11.7 Å². The molecule has 0 spiro atoms. The van der Waals surface area contributed by atoms with Crippen molar-refractivity contribution in [3.05, 3.63) is 54.1 Å². The van der Waals surface area contributed by atoms with Gasteiger partial charge in [-0.05, 0) is 56.2 Å². The van der Waals surface area contributed by atoms with E-state index in [0.717, 1.165) is 36.6 Å². The van der Waals surface area contributed by atoms with Crippen LogP contribution in [0.4, 0.5) is 5.69 Å². The Bertz CT molecular complexity index is 664. The standard InChI is InChI=1S/C19H21NO3/c1-14-4-8-17(9-5-14)23-18-10-6-15(7-11-18)20-12-2-3-16(20)13-19(21)22/h4-11,16H,2-3,12-13H2,1H3,(H,21,22). The Morgan fingerprint density at radius 1 is 1.13 bits per heavy atom. The zero-order valence-corrected chi connectivity index (χ0v) is 13.2. The van der Waals surface area contributed by atoms with Gasteiger partial charge in [0.25, 0.3) is 0 Å². The van der Waals surface area contributed by atoms with E-state index in [1.165, 1.54) is 5.56 Å². The Labute approximate surface area is 136 Å². The summed E-state index contributed by atoms with van der Waals surface area (Å²) in [6.45, 7) is 2.96. The SMILES string of the molecule is Cc1ccc(Oc2ccc(N3CCCC3CC(=O)O)cc2)cc1. The van der Waals surface area contributed by atoms with Crippen molar-refractivity contribution in [2.45, 2.75) is 32.2 Å². The van der Waals surface area contributed by atoms with Crippen LogP contribution < -0.4 is 9.64 Å². The van der Waals surface area contributed by atoms with E-state index < -0.39 is 5.97 Å². The van der Waals surface area contributed by atoms with Gasteiger partial charge in [-0.3, -0.25) is 4.79 Å². The molecule has 0 radical (unpaired) electrons. The molecular weight excluding hydrogens is 290 g/mol. The molecule has 1 unspecified atom stereocenters. The maximum Gasteiger partial charge on any atom is 0.305 e. The van der Waals surface area contributed by atoms with Crippen LogP contribution in [-0.2, 0) is 4.79 Å². The van der Waals surface area contributed by atoms with Crippen molar-refractivity contribution < 1.29 is 14.6 Å². The van der Waals surface area contributed by atoms with Crippen molar-refractivity contribution in [1.82, 2.24) is 0 Å². The highest BCUT2D eigenvalue weighted by atomic mass is 16.5. The van der Waals surface area contributed by atoms with Crippen LogP contribution in [-0.4, -0.2) is 23.7 Å². The van der Waals surface area contributed by atoms with Crippen LogP contribution in [0.2, 0.25) is 0 Å². The van der Waals surface area contributed by atoms with Gasteiger partial charge in [-0.25, -0.2) is 0 Å². The van der Waals surface area contributed by atoms with Crippen LogP contribution in [0, 0.1) is 6.92 Å². The summed E-state index contributed by atoms with van der Waals surface area (Å²) in [5.41, 5.74) is 2.26. The highest BCUT2D eigenvalue weighted by Crippen LogP contribution is 2.30. The fourth-order valence-electron chi connectivity index (χ4n) is 3.04. The Balaban J connectivity index is 1.69. The average Bonchev–Trinajstić information content (AvgIpc) is 2.98.